The Hall–Kier alpha value is 0.370. The zero-order valence-electron chi connectivity index (χ0n) is 18.4. The number of hydrogen-bond acceptors (Lipinski definition) is 2. The molecule has 27 heavy (non-hydrogen) atoms. The van der Waals surface area contributed by atoms with Crippen molar-refractivity contribution in [2.24, 2.45) is 0 Å². The Labute approximate surface area is 188 Å². The lowest BCUT2D eigenvalue weighted by atomic mass is 10.2. The molecule has 0 aromatic carbocycles. The van der Waals surface area contributed by atoms with E-state index in [2.05, 4.69) is 27.4 Å². The highest BCUT2D eigenvalue weighted by Crippen LogP contribution is 2.60. The molecular formula is C23H46IO2P. The largest absolute Gasteiger partial charge is 1.00 e. The summed E-state index contributed by atoms with van der Waals surface area (Å²) in [5.41, 5.74) is 0. The summed E-state index contributed by atoms with van der Waals surface area (Å²) >= 11 is 0. The van der Waals surface area contributed by atoms with E-state index in [1.165, 1.54) is 102 Å². The molecule has 0 bridgehead atoms. The van der Waals surface area contributed by atoms with Gasteiger partial charge in [-0.25, -0.2) is 4.79 Å². The number of unbranched alkanes of at least 4 members (excludes halogenated alkanes) is 9. The standard InChI is InChI=1S/C23H46O2P.HI/c1-5-9-12-15-19-26(20-16-13-10-6-2,21-17-14-11-7-3)22-18-25-23(24)8-4;/h8H,4-7,9-22H2,1-3H3;1H/q+1;/p-1. The Bertz CT molecular complexity index is 316. The molecule has 0 aromatic heterocycles. The molecule has 0 heterocycles. The van der Waals surface area contributed by atoms with Crippen LogP contribution in [0.15, 0.2) is 12.7 Å². The van der Waals surface area contributed by atoms with Crippen LogP contribution in [0.25, 0.3) is 0 Å². The van der Waals surface area contributed by atoms with Crippen LogP contribution in [0.1, 0.15) is 97.8 Å². The molecule has 0 saturated carbocycles. The molecule has 0 atom stereocenters. The molecule has 0 aliphatic rings. The van der Waals surface area contributed by atoms with Crippen molar-refractivity contribution >= 4 is 13.2 Å². The average molecular weight is 512 g/mol. The summed E-state index contributed by atoms with van der Waals surface area (Å²) in [5.74, 6) is -0.258. The third kappa shape index (κ3) is 17.0. The SMILES string of the molecule is C=CC(=O)OCC[P+](CCCCCC)(CCCCCC)CCCCCC.[I-]. The van der Waals surface area contributed by atoms with Crippen LogP contribution in [0, 0.1) is 0 Å². The summed E-state index contributed by atoms with van der Waals surface area (Å²) < 4.78 is 5.40. The average Bonchev–Trinajstić information content (AvgIpc) is 2.65. The zero-order valence-corrected chi connectivity index (χ0v) is 21.5. The van der Waals surface area contributed by atoms with E-state index in [0.29, 0.717) is 6.61 Å². The van der Waals surface area contributed by atoms with E-state index in [1.54, 1.807) is 0 Å². The number of halogens is 1. The zero-order chi connectivity index (χ0) is 19.5. The van der Waals surface area contributed by atoms with Crippen molar-refractivity contribution in [2.75, 3.05) is 31.3 Å². The Morgan fingerprint density at radius 1 is 0.741 bits per heavy atom. The molecule has 162 valence electrons. The molecule has 0 fully saturated rings. The highest BCUT2D eigenvalue weighted by Gasteiger charge is 2.35. The topological polar surface area (TPSA) is 26.3 Å². The van der Waals surface area contributed by atoms with Crippen LogP contribution in [0.4, 0.5) is 0 Å². The van der Waals surface area contributed by atoms with Crippen molar-refractivity contribution in [1.29, 1.82) is 0 Å². The maximum absolute atomic E-state index is 11.5. The Morgan fingerprint density at radius 2 is 1.15 bits per heavy atom. The van der Waals surface area contributed by atoms with Gasteiger partial charge in [-0.2, -0.15) is 0 Å². The first-order valence-electron chi connectivity index (χ1n) is 11.3. The van der Waals surface area contributed by atoms with E-state index in [1.807, 2.05) is 0 Å². The summed E-state index contributed by atoms with van der Waals surface area (Å²) in [6, 6.07) is 0. The lowest BCUT2D eigenvalue weighted by Crippen LogP contribution is -3.00. The molecule has 0 N–H and O–H groups in total. The van der Waals surface area contributed by atoms with Crippen LogP contribution >= 0.6 is 7.26 Å². The van der Waals surface area contributed by atoms with Crippen LogP contribution in [-0.4, -0.2) is 37.2 Å². The highest BCUT2D eigenvalue weighted by molar-refractivity contribution is 7.75. The van der Waals surface area contributed by atoms with Gasteiger partial charge in [0.05, 0.1) is 24.6 Å². The van der Waals surface area contributed by atoms with Gasteiger partial charge in [0, 0.05) is 13.3 Å². The van der Waals surface area contributed by atoms with E-state index in [9.17, 15) is 4.79 Å². The van der Waals surface area contributed by atoms with E-state index < -0.39 is 7.26 Å². The quantitative estimate of drug-likeness (QED) is 0.0839. The first-order chi connectivity index (χ1) is 12.6. The van der Waals surface area contributed by atoms with E-state index >= 15 is 0 Å². The van der Waals surface area contributed by atoms with E-state index in [4.69, 9.17) is 4.74 Å². The summed E-state index contributed by atoms with van der Waals surface area (Å²) in [4.78, 5) is 11.5. The highest BCUT2D eigenvalue weighted by atomic mass is 127. The van der Waals surface area contributed by atoms with Crippen LogP contribution in [0.5, 0.6) is 0 Å². The smallest absolute Gasteiger partial charge is 0.330 e. The summed E-state index contributed by atoms with van der Waals surface area (Å²) in [6.07, 6.45) is 22.9. The van der Waals surface area contributed by atoms with Gasteiger partial charge in [0.2, 0.25) is 0 Å². The molecule has 4 heteroatoms. The number of carbonyl (C=O) groups is 1. The van der Waals surface area contributed by atoms with Crippen LogP contribution < -0.4 is 24.0 Å². The van der Waals surface area contributed by atoms with Gasteiger partial charge in [-0.05, 0) is 38.5 Å². The molecule has 0 amide bonds. The van der Waals surface area contributed by atoms with E-state index in [0.717, 1.165) is 6.16 Å². The van der Waals surface area contributed by atoms with E-state index in [-0.39, 0.29) is 29.9 Å². The van der Waals surface area contributed by atoms with Crippen LogP contribution in [0.3, 0.4) is 0 Å². The second-order valence-corrected chi connectivity index (χ2v) is 12.3. The minimum absolute atomic E-state index is 0. The maximum atomic E-state index is 11.5. The van der Waals surface area contributed by atoms with Crippen molar-refractivity contribution in [3.63, 3.8) is 0 Å². The van der Waals surface area contributed by atoms with Crippen molar-refractivity contribution in [3.05, 3.63) is 12.7 Å². The number of esters is 1. The summed E-state index contributed by atoms with van der Waals surface area (Å²) in [7, 11) is -0.995. The first kappa shape index (κ1) is 29.6. The Kier molecular flexibility index (Phi) is 23.1. The van der Waals surface area contributed by atoms with Gasteiger partial charge in [-0.1, -0.05) is 65.9 Å². The lowest BCUT2D eigenvalue weighted by Gasteiger charge is -2.28. The Balaban J connectivity index is 0. The second kappa shape index (κ2) is 21.1. The lowest BCUT2D eigenvalue weighted by molar-refractivity contribution is -0.137. The van der Waals surface area contributed by atoms with Gasteiger partial charge in [0.1, 0.15) is 6.61 Å². The number of rotatable bonds is 19. The number of ether oxygens (including phenoxy) is 1. The second-order valence-electron chi connectivity index (χ2n) is 7.79. The molecule has 0 unspecified atom stereocenters. The fourth-order valence-electron chi connectivity index (χ4n) is 3.69. The molecule has 0 spiro atoms. The molecule has 0 radical (unpaired) electrons. The molecule has 0 aromatic rings. The van der Waals surface area contributed by atoms with Crippen LogP contribution in [0.2, 0.25) is 0 Å². The Morgan fingerprint density at radius 3 is 1.48 bits per heavy atom. The van der Waals surface area contributed by atoms with Crippen molar-refractivity contribution in [3.8, 4) is 0 Å². The minimum Gasteiger partial charge on any atom is -1.00 e. The van der Waals surface area contributed by atoms with Gasteiger partial charge in [0.25, 0.3) is 0 Å². The van der Waals surface area contributed by atoms with Crippen molar-refractivity contribution < 1.29 is 33.5 Å². The van der Waals surface area contributed by atoms with Gasteiger partial charge in [0.15, 0.2) is 0 Å². The molecule has 0 saturated heterocycles. The number of hydrogen-bond donors (Lipinski definition) is 0. The fraction of sp³-hybridized carbons (Fsp3) is 0.870. The molecule has 0 rings (SSSR count). The van der Waals surface area contributed by atoms with Gasteiger partial charge < -0.3 is 28.7 Å². The van der Waals surface area contributed by atoms with Gasteiger partial charge in [-0.3, -0.25) is 0 Å². The minimum atomic E-state index is -0.995. The maximum Gasteiger partial charge on any atom is 0.330 e. The number of carbonyl (C=O) groups excluding carboxylic acids is 1. The molecule has 2 nitrogen and oxygen atoms in total. The summed E-state index contributed by atoms with van der Waals surface area (Å²) in [6.45, 7) is 11.0. The van der Waals surface area contributed by atoms with Gasteiger partial charge in [-0.15, -0.1) is 0 Å². The third-order valence-electron chi connectivity index (χ3n) is 5.43. The summed E-state index contributed by atoms with van der Waals surface area (Å²) in [5, 5.41) is 0. The van der Waals surface area contributed by atoms with Crippen LogP contribution in [-0.2, 0) is 9.53 Å². The molecular weight excluding hydrogens is 466 g/mol. The monoisotopic (exact) mass is 512 g/mol. The predicted molar refractivity (Wildman–Crippen MR) is 120 cm³/mol. The van der Waals surface area contributed by atoms with Gasteiger partial charge >= 0.3 is 5.97 Å². The molecule has 0 aliphatic heterocycles. The fourth-order valence-corrected chi connectivity index (χ4v) is 8.20. The molecule has 0 aliphatic carbocycles. The third-order valence-corrected chi connectivity index (χ3v) is 10.4. The normalized spacial score (nSPS) is 11.1. The van der Waals surface area contributed by atoms with Crippen molar-refractivity contribution in [1.82, 2.24) is 0 Å². The predicted octanol–water partition coefficient (Wildman–Crippen LogP) is 4.48. The first-order valence-corrected chi connectivity index (χ1v) is 13.8. The van der Waals surface area contributed by atoms with Crippen molar-refractivity contribution in [2.45, 2.75) is 97.8 Å².